The molecule has 0 radical (unpaired) electrons. The molecule has 0 spiro atoms. The molecule has 0 saturated carbocycles. The van der Waals surface area contributed by atoms with E-state index in [4.69, 9.17) is 10.6 Å². The molecule has 0 atom stereocenters. The van der Waals surface area contributed by atoms with Crippen LogP contribution in [-0.2, 0) is 0 Å². The molecule has 1 aromatic carbocycles. The van der Waals surface area contributed by atoms with Gasteiger partial charge in [-0.05, 0) is 50.1 Å². The number of carbonyl (C=O) groups is 1. The summed E-state index contributed by atoms with van der Waals surface area (Å²) in [5, 5.41) is 2.77. The number of methoxy groups -OCH3 is 1. The third-order valence-electron chi connectivity index (χ3n) is 2.65. The molecule has 0 aliphatic rings. The number of nitrogens with one attached hydrogen (secondary N) is 2. The van der Waals surface area contributed by atoms with Crippen LogP contribution in [0.5, 0.6) is 5.75 Å². The molecule has 4 N–H and O–H groups in total. The summed E-state index contributed by atoms with van der Waals surface area (Å²) in [4.78, 5) is 16.2. The summed E-state index contributed by atoms with van der Waals surface area (Å²) < 4.78 is 6.71. The Morgan fingerprint density at radius 1 is 1.29 bits per heavy atom. The minimum absolute atomic E-state index is 0.280. The lowest BCUT2D eigenvalue weighted by Gasteiger charge is -2.11. The molecule has 8 heteroatoms. The van der Waals surface area contributed by atoms with Gasteiger partial charge in [0.25, 0.3) is 5.91 Å². The summed E-state index contributed by atoms with van der Waals surface area (Å²) in [5.74, 6) is 5.54. The fourth-order valence-electron chi connectivity index (χ4n) is 1.58. The van der Waals surface area contributed by atoms with Gasteiger partial charge in [0.1, 0.15) is 11.4 Å². The van der Waals surface area contributed by atoms with Crippen molar-refractivity contribution in [1.29, 1.82) is 0 Å². The molecule has 0 unspecified atom stereocenters. The molecule has 0 bridgehead atoms. The zero-order valence-electron chi connectivity index (χ0n) is 11.0. The second-order valence-corrected chi connectivity index (χ2v) is 5.71. The van der Waals surface area contributed by atoms with Gasteiger partial charge in [0.15, 0.2) is 0 Å². The van der Waals surface area contributed by atoms with Gasteiger partial charge in [0, 0.05) is 10.5 Å². The lowest BCUT2D eigenvalue weighted by atomic mass is 10.2. The molecule has 2 aromatic rings. The third-order valence-corrected chi connectivity index (χ3v) is 3.93. The average molecular weight is 416 g/mol. The van der Waals surface area contributed by atoms with Crippen LogP contribution in [0, 0.1) is 0 Å². The van der Waals surface area contributed by atoms with Gasteiger partial charge in [-0.15, -0.1) is 0 Å². The predicted octanol–water partition coefficient (Wildman–Crippen LogP) is 3.15. The number of nitrogens with zero attached hydrogens (tertiary/aromatic N) is 1. The number of pyridine rings is 1. The van der Waals surface area contributed by atoms with Gasteiger partial charge in [-0.25, -0.2) is 4.98 Å². The number of halogens is 2. The standard InChI is InChI=1S/C13H12Br2N4O2/c1-21-12-5-11(8(14)4-9(12)15)18-13(20)10-3-2-7(19-16)6-17-10/h2-6,19H,16H2,1H3,(H,18,20). The second-order valence-electron chi connectivity index (χ2n) is 4.00. The van der Waals surface area contributed by atoms with Gasteiger partial charge in [0.05, 0.1) is 29.2 Å². The van der Waals surface area contributed by atoms with Gasteiger partial charge in [0.2, 0.25) is 0 Å². The number of hydrogen-bond acceptors (Lipinski definition) is 5. The molecule has 6 nitrogen and oxygen atoms in total. The average Bonchev–Trinajstić information content (AvgIpc) is 2.50. The largest absolute Gasteiger partial charge is 0.495 e. The Morgan fingerprint density at radius 3 is 2.62 bits per heavy atom. The number of hydrazine groups is 1. The minimum atomic E-state index is -0.330. The lowest BCUT2D eigenvalue weighted by molar-refractivity contribution is 0.102. The van der Waals surface area contributed by atoms with Crippen molar-refractivity contribution in [3.05, 3.63) is 45.1 Å². The Morgan fingerprint density at radius 2 is 2.05 bits per heavy atom. The molecule has 1 heterocycles. The monoisotopic (exact) mass is 414 g/mol. The van der Waals surface area contributed by atoms with Crippen LogP contribution >= 0.6 is 31.9 Å². The summed E-state index contributed by atoms with van der Waals surface area (Å²) in [7, 11) is 1.56. The fraction of sp³-hybridized carbons (Fsp3) is 0.0769. The summed E-state index contributed by atoms with van der Waals surface area (Å²) >= 11 is 6.76. The number of nitrogens with two attached hydrogens (primary N) is 1. The topological polar surface area (TPSA) is 89.3 Å². The number of carbonyl (C=O) groups excluding carboxylic acids is 1. The van der Waals surface area contributed by atoms with Crippen LogP contribution in [0.15, 0.2) is 39.4 Å². The molecule has 110 valence electrons. The van der Waals surface area contributed by atoms with Crippen molar-refractivity contribution in [2.75, 3.05) is 17.9 Å². The molecule has 0 aliphatic carbocycles. The van der Waals surface area contributed by atoms with E-state index in [0.29, 0.717) is 17.1 Å². The zero-order chi connectivity index (χ0) is 15.4. The van der Waals surface area contributed by atoms with E-state index in [-0.39, 0.29) is 11.6 Å². The molecule has 0 fully saturated rings. The zero-order valence-corrected chi connectivity index (χ0v) is 14.2. The minimum Gasteiger partial charge on any atom is -0.495 e. The van der Waals surface area contributed by atoms with Crippen molar-refractivity contribution in [3.63, 3.8) is 0 Å². The number of amides is 1. The van der Waals surface area contributed by atoms with E-state index in [9.17, 15) is 4.79 Å². The van der Waals surface area contributed by atoms with Crippen molar-refractivity contribution >= 4 is 49.1 Å². The van der Waals surface area contributed by atoms with Gasteiger partial charge >= 0.3 is 0 Å². The van der Waals surface area contributed by atoms with Gasteiger partial charge in [-0.2, -0.15) is 0 Å². The Bertz CT molecular complexity index is 662. The molecule has 2 rings (SSSR count). The first-order chi connectivity index (χ1) is 10.0. The number of ether oxygens (including phenoxy) is 1. The van der Waals surface area contributed by atoms with Crippen LogP contribution in [0.1, 0.15) is 10.5 Å². The second kappa shape index (κ2) is 6.88. The number of benzene rings is 1. The van der Waals surface area contributed by atoms with Crippen molar-refractivity contribution in [2.45, 2.75) is 0 Å². The quantitative estimate of drug-likeness (QED) is 0.527. The van der Waals surface area contributed by atoms with E-state index >= 15 is 0 Å². The normalized spacial score (nSPS) is 10.1. The number of rotatable bonds is 4. The molecule has 1 aromatic heterocycles. The van der Waals surface area contributed by atoms with E-state index in [1.165, 1.54) is 6.20 Å². The molecule has 0 saturated heterocycles. The number of hydrogen-bond donors (Lipinski definition) is 3. The summed E-state index contributed by atoms with van der Waals surface area (Å²) in [6, 6.07) is 6.75. The van der Waals surface area contributed by atoms with Gasteiger partial charge < -0.3 is 15.5 Å². The highest BCUT2D eigenvalue weighted by Crippen LogP contribution is 2.34. The van der Waals surface area contributed by atoms with E-state index in [1.54, 1.807) is 31.4 Å². The Balaban J connectivity index is 2.22. The smallest absolute Gasteiger partial charge is 0.274 e. The fourth-order valence-corrected chi connectivity index (χ4v) is 2.84. The molecule has 21 heavy (non-hydrogen) atoms. The van der Waals surface area contributed by atoms with Gasteiger partial charge in [-0.1, -0.05) is 0 Å². The number of nitrogen functional groups attached to an aromatic ring is 1. The van der Waals surface area contributed by atoms with E-state index in [1.807, 2.05) is 0 Å². The molecular formula is C13H12Br2N4O2. The predicted molar refractivity (Wildman–Crippen MR) is 88.4 cm³/mol. The van der Waals surface area contributed by atoms with Crippen LogP contribution in [-0.4, -0.2) is 18.0 Å². The van der Waals surface area contributed by atoms with Crippen LogP contribution < -0.4 is 21.3 Å². The van der Waals surface area contributed by atoms with Crippen LogP contribution in [0.4, 0.5) is 11.4 Å². The highest BCUT2D eigenvalue weighted by atomic mass is 79.9. The maximum atomic E-state index is 12.2. The van der Waals surface area contributed by atoms with E-state index in [0.717, 1.165) is 8.95 Å². The molecule has 0 aliphatic heterocycles. The Kier molecular flexibility index (Phi) is 5.16. The summed E-state index contributed by atoms with van der Waals surface area (Å²) in [6.07, 6.45) is 1.48. The van der Waals surface area contributed by atoms with Crippen molar-refractivity contribution in [2.24, 2.45) is 5.84 Å². The lowest BCUT2D eigenvalue weighted by Crippen LogP contribution is -2.15. The first-order valence-electron chi connectivity index (χ1n) is 5.82. The first-order valence-corrected chi connectivity index (χ1v) is 7.40. The highest BCUT2D eigenvalue weighted by molar-refractivity contribution is 9.11. The SMILES string of the molecule is COc1cc(NC(=O)c2ccc(NN)cn2)c(Br)cc1Br. The van der Waals surface area contributed by atoms with Crippen LogP contribution in [0.2, 0.25) is 0 Å². The third kappa shape index (κ3) is 3.72. The van der Waals surface area contributed by atoms with Crippen LogP contribution in [0.3, 0.4) is 0 Å². The first kappa shape index (κ1) is 15.7. The summed E-state index contributed by atoms with van der Waals surface area (Å²) in [6.45, 7) is 0. The van der Waals surface area contributed by atoms with Crippen LogP contribution in [0.25, 0.3) is 0 Å². The van der Waals surface area contributed by atoms with Gasteiger partial charge in [-0.3, -0.25) is 10.6 Å². The highest BCUT2D eigenvalue weighted by Gasteiger charge is 2.12. The number of aromatic nitrogens is 1. The van der Waals surface area contributed by atoms with E-state index in [2.05, 4.69) is 47.6 Å². The van der Waals surface area contributed by atoms with Crippen molar-refractivity contribution in [1.82, 2.24) is 4.98 Å². The molecular weight excluding hydrogens is 404 g/mol. The maximum absolute atomic E-state index is 12.2. The maximum Gasteiger partial charge on any atom is 0.274 e. The van der Waals surface area contributed by atoms with Crippen molar-refractivity contribution < 1.29 is 9.53 Å². The Labute approximate surface area is 138 Å². The Hall–Kier alpha value is -1.64. The summed E-state index contributed by atoms with van der Waals surface area (Å²) in [5.41, 5.74) is 3.94. The number of anilines is 2. The van der Waals surface area contributed by atoms with E-state index < -0.39 is 0 Å². The van der Waals surface area contributed by atoms with Crippen molar-refractivity contribution in [3.8, 4) is 5.75 Å². The molecule has 1 amide bonds.